The van der Waals surface area contributed by atoms with Gasteiger partial charge in [0.25, 0.3) is 0 Å². The van der Waals surface area contributed by atoms with Gasteiger partial charge in [0.05, 0.1) is 13.2 Å². The normalized spacial score (nSPS) is 21.5. The predicted molar refractivity (Wildman–Crippen MR) is 198 cm³/mol. The maximum atomic E-state index is 13.7. The SMILES string of the molecule is CCCCCCCCCCCCCCCCCCN(C(=O)CCCCCCCCCCC)[C@@H]1O[C@H](CO)[C@@H](O)[C@H](O)[C@H]1NC(=O)[C@@H](N)CO. The van der Waals surface area contributed by atoms with Gasteiger partial charge in [0.15, 0.2) is 6.23 Å². The molecule has 0 aromatic carbocycles. The smallest absolute Gasteiger partial charge is 0.239 e. The van der Waals surface area contributed by atoms with Crippen LogP contribution < -0.4 is 11.1 Å². The maximum Gasteiger partial charge on any atom is 0.239 e. The highest BCUT2D eigenvalue weighted by atomic mass is 16.5. The van der Waals surface area contributed by atoms with Crippen molar-refractivity contribution in [3.05, 3.63) is 0 Å². The van der Waals surface area contributed by atoms with Gasteiger partial charge in [0.1, 0.15) is 30.4 Å². The second-order valence-corrected chi connectivity index (χ2v) is 14.5. The summed E-state index contributed by atoms with van der Waals surface area (Å²) in [6.45, 7) is 3.70. The minimum absolute atomic E-state index is 0.139. The fourth-order valence-electron chi connectivity index (χ4n) is 6.83. The van der Waals surface area contributed by atoms with Gasteiger partial charge >= 0.3 is 0 Å². The lowest BCUT2D eigenvalue weighted by atomic mass is 9.94. The first-order valence-electron chi connectivity index (χ1n) is 20.4. The summed E-state index contributed by atoms with van der Waals surface area (Å²) in [6, 6.07) is -2.40. The van der Waals surface area contributed by atoms with Crippen molar-refractivity contribution in [3.63, 3.8) is 0 Å². The summed E-state index contributed by atoms with van der Waals surface area (Å²) in [4.78, 5) is 27.9. The number of rotatable bonds is 32. The second-order valence-electron chi connectivity index (χ2n) is 14.5. The number of carbonyl (C=O) groups is 2. The molecule has 0 radical (unpaired) electrons. The number of carbonyl (C=O) groups excluding carboxylic acids is 2. The van der Waals surface area contributed by atoms with Gasteiger partial charge in [-0.2, -0.15) is 0 Å². The Morgan fingerprint density at radius 2 is 1.06 bits per heavy atom. The van der Waals surface area contributed by atoms with Crippen LogP contribution in [0.15, 0.2) is 0 Å². The van der Waals surface area contributed by atoms with Crippen molar-refractivity contribution in [2.24, 2.45) is 5.73 Å². The summed E-state index contributed by atoms with van der Waals surface area (Å²) in [6.07, 6.45) is 25.2. The van der Waals surface area contributed by atoms with Crippen LogP contribution in [-0.2, 0) is 14.3 Å². The Labute approximate surface area is 299 Å². The monoisotopic (exact) mass is 700 g/mol. The Morgan fingerprint density at radius 1 is 0.653 bits per heavy atom. The lowest BCUT2D eigenvalue weighted by Crippen LogP contribution is -2.69. The van der Waals surface area contributed by atoms with E-state index >= 15 is 0 Å². The van der Waals surface area contributed by atoms with Crippen LogP contribution in [0.2, 0.25) is 0 Å². The topological polar surface area (TPSA) is 166 Å². The van der Waals surface area contributed by atoms with E-state index in [-0.39, 0.29) is 5.91 Å². The quantitative estimate of drug-likeness (QED) is 0.0449. The van der Waals surface area contributed by atoms with E-state index in [2.05, 4.69) is 19.2 Å². The molecule has 1 rings (SSSR count). The molecule has 0 spiro atoms. The predicted octanol–water partition coefficient (Wildman–Crippen LogP) is 6.24. The van der Waals surface area contributed by atoms with Crippen LogP contribution in [-0.4, -0.2) is 93.5 Å². The van der Waals surface area contributed by atoms with E-state index in [4.69, 9.17) is 10.5 Å². The minimum Gasteiger partial charge on any atom is -0.394 e. The molecule has 1 aliphatic heterocycles. The fraction of sp³-hybridized carbons (Fsp3) is 0.949. The van der Waals surface area contributed by atoms with Crippen molar-refractivity contribution in [1.82, 2.24) is 10.2 Å². The average Bonchev–Trinajstić information content (AvgIpc) is 3.10. The molecule has 290 valence electrons. The highest BCUT2D eigenvalue weighted by Crippen LogP contribution is 2.26. The van der Waals surface area contributed by atoms with Gasteiger partial charge in [0, 0.05) is 13.0 Å². The molecule has 1 aliphatic rings. The maximum absolute atomic E-state index is 13.7. The molecule has 0 saturated carbocycles. The standard InChI is InChI=1S/C39H77N3O7/c1-3-5-7-9-11-13-14-15-16-17-18-19-21-23-25-27-29-42(34(45)28-26-24-22-20-12-10-8-6-4-2)39-35(41-38(48)32(40)30-43)37(47)36(46)33(31-44)49-39/h32-33,35-37,39,43-44,46-47H,3-31,40H2,1-2H3,(H,41,48)/t32-,33+,35+,36+,37+,39+/m0/s1. The number of aliphatic hydroxyl groups excluding tert-OH is 4. The summed E-state index contributed by atoms with van der Waals surface area (Å²) in [5.41, 5.74) is 5.72. The summed E-state index contributed by atoms with van der Waals surface area (Å²) < 4.78 is 6.03. The molecule has 0 aromatic heterocycles. The zero-order valence-electron chi connectivity index (χ0n) is 31.5. The molecular weight excluding hydrogens is 622 g/mol. The zero-order chi connectivity index (χ0) is 36.1. The molecule has 6 atom stereocenters. The summed E-state index contributed by atoms with van der Waals surface area (Å²) in [5.74, 6) is -0.858. The molecule has 1 fully saturated rings. The third-order valence-corrected chi connectivity index (χ3v) is 10.1. The Kier molecular flexibility index (Phi) is 28.3. The van der Waals surface area contributed by atoms with E-state index in [1.165, 1.54) is 109 Å². The van der Waals surface area contributed by atoms with Crippen LogP contribution in [0.3, 0.4) is 0 Å². The summed E-state index contributed by atoms with van der Waals surface area (Å²) >= 11 is 0. The van der Waals surface area contributed by atoms with Gasteiger partial charge in [-0.1, -0.05) is 162 Å². The lowest BCUT2D eigenvalue weighted by molar-refractivity contribution is -0.231. The highest BCUT2D eigenvalue weighted by Gasteiger charge is 2.48. The van der Waals surface area contributed by atoms with Crippen LogP contribution >= 0.6 is 0 Å². The second kappa shape index (κ2) is 30.3. The van der Waals surface area contributed by atoms with Gasteiger partial charge < -0.3 is 41.1 Å². The number of nitrogens with zero attached hydrogens (tertiary/aromatic N) is 1. The number of amides is 2. The lowest BCUT2D eigenvalue weighted by Gasteiger charge is -2.47. The van der Waals surface area contributed by atoms with Gasteiger partial charge in [-0.25, -0.2) is 0 Å². The molecule has 1 heterocycles. The van der Waals surface area contributed by atoms with Crippen molar-refractivity contribution >= 4 is 11.8 Å². The molecule has 0 bridgehead atoms. The molecule has 10 heteroatoms. The fourth-order valence-corrected chi connectivity index (χ4v) is 6.83. The Hall–Kier alpha value is -1.30. The van der Waals surface area contributed by atoms with Gasteiger partial charge in [-0.3, -0.25) is 9.59 Å². The number of hydrogen-bond donors (Lipinski definition) is 6. The molecule has 1 saturated heterocycles. The van der Waals surface area contributed by atoms with Crippen molar-refractivity contribution in [2.45, 2.75) is 217 Å². The van der Waals surface area contributed by atoms with E-state index in [1.807, 2.05) is 0 Å². The number of ether oxygens (including phenoxy) is 1. The molecular formula is C39H77N3O7. The van der Waals surface area contributed by atoms with E-state index in [0.717, 1.165) is 51.4 Å². The largest absolute Gasteiger partial charge is 0.394 e. The van der Waals surface area contributed by atoms with Crippen molar-refractivity contribution < 1.29 is 34.8 Å². The first-order chi connectivity index (χ1) is 23.8. The van der Waals surface area contributed by atoms with E-state index in [9.17, 15) is 30.0 Å². The summed E-state index contributed by atoms with van der Waals surface area (Å²) in [5, 5.41) is 43.5. The van der Waals surface area contributed by atoms with Crippen LogP contribution in [0.5, 0.6) is 0 Å². The highest BCUT2D eigenvalue weighted by molar-refractivity contribution is 5.82. The molecule has 0 aliphatic carbocycles. The molecule has 2 amide bonds. The van der Waals surface area contributed by atoms with Crippen LogP contribution in [0.4, 0.5) is 0 Å². The number of nitrogens with one attached hydrogen (secondary N) is 1. The molecule has 7 N–H and O–H groups in total. The van der Waals surface area contributed by atoms with Crippen molar-refractivity contribution in [3.8, 4) is 0 Å². The van der Waals surface area contributed by atoms with E-state index in [0.29, 0.717) is 13.0 Å². The molecule has 10 nitrogen and oxygen atoms in total. The zero-order valence-corrected chi connectivity index (χ0v) is 31.5. The van der Waals surface area contributed by atoms with Gasteiger partial charge in [-0.15, -0.1) is 0 Å². The van der Waals surface area contributed by atoms with Crippen LogP contribution in [0.25, 0.3) is 0 Å². The van der Waals surface area contributed by atoms with Crippen molar-refractivity contribution in [2.75, 3.05) is 19.8 Å². The average molecular weight is 700 g/mol. The number of nitrogens with two attached hydrogens (primary N) is 1. The number of aliphatic hydroxyl groups is 4. The molecule has 0 unspecified atom stereocenters. The minimum atomic E-state index is -1.50. The Balaban J connectivity index is 2.64. The number of hydrogen-bond acceptors (Lipinski definition) is 8. The Morgan fingerprint density at radius 3 is 1.47 bits per heavy atom. The van der Waals surface area contributed by atoms with Crippen molar-refractivity contribution in [1.29, 1.82) is 0 Å². The van der Waals surface area contributed by atoms with E-state index < -0.39 is 55.7 Å². The van der Waals surface area contributed by atoms with Gasteiger partial charge in [-0.05, 0) is 12.8 Å². The first kappa shape index (κ1) is 45.7. The summed E-state index contributed by atoms with van der Waals surface area (Å²) in [7, 11) is 0. The van der Waals surface area contributed by atoms with Crippen LogP contribution in [0.1, 0.15) is 181 Å². The van der Waals surface area contributed by atoms with E-state index in [1.54, 1.807) is 4.90 Å². The third-order valence-electron chi connectivity index (χ3n) is 10.1. The van der Waals surface area contributed by atoms with Crippen LogP contribution in [0, 0.1) is 0 Å². The number of unbranched alkanes of at least 4 members (excludes halogenated alkanes) is 23. The van der Waals surface area contributed by atoms with Gasteiger partial charge in [0.2, 0.25) is 11.8 Å². The Bertz CT molecular complexity index is 805. The molecule has 49 heavy (non-hydrogen) atoms. The third kappa shape index (κ3) is 20.4. The first-order valence-corrected chi connectivity index (χ1v) is 20.4. The molecule has 0 aromatic rings.